The SMILES string of the molecule is CCCCCCC/C=C\CCCCCCCC(=O)NC(COC1OC(CO)C(O)C(O)C1O)C(O)CCCCCCCCCCCCCCCCCCCC. The number of ether oxygens (including phenoxy) is 2. The van der Waals surface area contributed by atoms with E-state index >= 15 is 0 Å². The van der Waals surface area contributed by atoms with Crippen LogP contribution in [-0.4, -0.2) is 87.5 Å². The molecule has 1 aliphatic rings. The van der Waals surface area contributed by atoms with Gasteiger partial charge in [-0.05, 0) is 38.5 Å². The van der Waals surface area contributed by atoms with E-state index in [-0.39, 0.29) is 12.5 Å². The number of carbonyl (C=O) groups is 1. The summed E-state index contributed by atoms with van der Waals surface area (Å²) in [6.07, 6.45) is 35.0. The lowest BCUT2D eigenvalue weighted by atomic mass is 9.99. The third-order valence-electron chi connectivity index (χ3n) is 11.4. The highest BCUT2D eigenvalue weighted by molar-refractivity contribution is 5.76. The van der Waals surface area contributed by atoms with Gasteiger partial charge in [0, 0.05) is 6.42 Å². The molecule has 1 rings (SSSR count). The maximum Gasteiger partial charge on any atom is 0.220 e. The van der Waals surface area contributed by atoms with Crippen molar-refractivity contribution in [1.82, 2.24) is 5.32 Å². The number of amides is 1. The van der Waals surface area contributed by atoms with E-state index in [2.05, 4.69) is 31.3 Å². The molecule has 7 unspecified atom stereocenters. The van der Waals surface area contributed by atoms with E-state index in [4.69, 9.17) is 9.47 Å². The van der Waals surface area contributed by atoms with Crippen molar-refractivity contribution in [2.24, 2.45) is 0 Å². The Morgan fingerprint density at radius 3 is 1.47 bits per heavy atom. The van der Waals surface area contributed by atoms with Gasteiger partial charge in [0.2, 0.25) is 5.91 Å². The van der Waals surface area contributed by atoms with Crippen LogP contribution in [0.25, 0.3) is 0 Å². The number of nitrogens with one attached hydrogen (secondary N) is 1. The normalized spacial score (nSPS) is 21.3. The van der Waals surface area contributed by atoms with Crippen molar-refractivity contribution in [3.8, 4) is 0 Å². The largest absolute Gasteiger partial charge is 0.394 e. The minimum absolute atomic E-state index is 0.138. The maximum absolute atomic E-state index is 13.0. The summed E-state index contributed by atoms with van der Waals surface area (Å²) in [5.41, 5.74) is 0. The van der Waals surface area contributed by atoms with Crippen molar-refractivity contribution in [2.75, 3.05) is 13.2 Å². The third kappa shape index (κ3) is 28.1. The molecular formula is C46H89NO8. The highest BCUT2D eigenvalue weighted by atomic mass is 16.7. The van der Waals surface area contributed by atoms with Crippen LogP contribution in [0, 0.1) is 0 Å². The zero-order valence-electron chi connectivity index (χ0n) is 35.7. The fraction of sp³-hybridized carbons (Fsp3) is 0.935. The fourth-order valence-corrected chi connectivity index (χ4v) is 7.57. The average Bonchev–Trinajstić information content (AvgIpc) is 3.18. The van der Waals surface area contributed by atoms with Crippen LogP contribution < -0.4 is 5.32 Å². The van der Waals surface area contributed by atoms with Gasteiger partial charge in [0.15, 0.2) is 6.29 Å². The number of hydrogen-bond donors (Lipinski definition) is 6. The van der Waals surface area contributed by atoms with Gasteiger partial charge >= 0.3 is 0 Å². The molecule has 9 nitrogen and oxygen atoms in total. The van der Waals surface area contributed by atoms with Crippen LogP contribution in [0.4, 0.5) is 0 Å². The number of unbranched alkanes of at least 4 members (excludes halogenated alkanes) is 27. The minimum atomic E-state index is -1.55. The van der Waals surface area contributed by atoms with Crippen molar-refractivity contribution in [2.45, 2.75) is 262 Å². The monoisotopic (exact) mass is 784 g/mol. The lowest BCUT2D eigenvalue weighted by Gasteiger charge is -2.40. The van der Waals surface area contributed by atoms with Crippen molar-refractivity contribution in [1.29, 1.82) is 0 Å². The highest BCUT2D eigenvalue weighted by Crippen LogP contribution is 2.23. The molecule has 6 N–H and O–H groups in total. The van der Waals surface area contributed by atoms with Crippen LogP contribution in [0.1, 0.15) is 219 Å². The molecular weight excluding hydrogens is 695 g/mol. The Morgan fingerprint density at radius 1 is 0.600 bits per heavy atom. The second kappa shape index (κ2) is 37.2. The topological polar surface area (TPSA) is 149 Å². The molecule has 0 aliphatic carbocycles. The fourth-order valence-electron chi connectivity index (χ4n) is 7.57. The summed E-state index contributed by atoms with van der Waals surface area (Å²) in [6.45, 7) is 3.83. The smallest absolute Gasteiger partial charge is 0.220 e. The molecule has 1 heterocycles. The van der Waals surface area contributed by atoms with Crippen LogP contribution >= 0.6 is 0 Å². The molecule has 0 saturated carbocycles. The van der Waals surface area contributed by atoms with Crippen LogP contribution in [0.5, 0.6) is 0 Å². The molecule has 0 spiro atoms. The van der Waals surface area contributed by atoms with Gasteiger partial charge in [-0.2, -0.15) is 0 Å². The Balaban J connectivity index is 2.32. The van der Waals surface area contributed by atoms with Crippen LogP contribution in [0.3, 0.4) is 0 Å². The van der Waals surface area contributed by atoms with Gasteiger partial charge in [-0.1, -0.05) is 187 Å². The Morgan fingerprint density at radius 2 is 1.02 bits per heavy atom. The van der Waals surface area contributed by atoms with E-state index in [1.165, 1.54) is 141 Å². The maximum atomic E-state index is 13.0. The zero-order valence-corrected chi connectivity index (χ0v) is 35.7. The van der Waals surface area contributed by atoms with E-state index in [1.54, 1.807) is 0 Å². The molecule has 0 aromatic rings. The van der Waals surface area contributed by atoms with E-state index < -0.39 is 49.5 Å². The molecule has 1 aliphatic heterocycles. The summed E-state index contributed by atoms with van der Waals surface area (Å²) in [7, 11) is 0. The number of aliphatic hydroxyl groups excluding tert-OH is 5. The number of allylic oxidation sites excluding steroid dienone is 2. The van der Waals surface area contributed by atoms with E-state index in [9.17, 15) is 30.3 Å². The van der Waals surface area contributed by atoms with Crippen molar-refractivity contribution >= 4 is 5.91 Å². The summed E-state index contributed by atoms with van der Waals surface area (Å²) in [6, 6.07) is -0.718. The number of rotatable bonds is 39. The first-order valence-electron chi connectivity index (χ1n) is 23.4. The predicted octanol–water partition coefficient (Wildman–Crippen LogP) is 9.73. The van der Waals surface area contributed by atoms with Gasteiger partial charge < -0.3 is 40.3 Å². The first-order valence-corrected chi connectivity index (χ1v) is 23.4. The van der Waals surface area contributed by atoms with Crippen molar-refractivity contribution < 1.29 is 39.8 Å². The van der Waals surface area contributed by atoms with Crippen LogP contribution in [0.15, 0.2) is 12.2 Å². The van der Waals surface area contributed by atoms with E-state index in [0.717, 1.165) is 51.4 Å². The average molecular weight is 784 g/mol. The Kier molecular flexibility index (Phi) is 35.2. The lowest BCUT2D eigenvalue weighted by Crippen LogP contribution is -2.60. The summed E-state index contributed by atoms with van der Waals surface area (Å²) < 4.78 is 11.3. The molecule has 0 radical (unpaired) electrons. The second-order valence-electron chi connectivity index (χ2n) is 16.6. The predicted molar refractivity (Wildman–Crippen MR) is 226 cm³/mol. The Labute approximate surface area is 337 Å². The molecule has 9 heteroatoms. The number of carbonyl (C=O) groups excluding carboxylic acids is 1. The molecule has 326 valence electrons. The van der Waals surface area contributed by atoms with Gasteiger partial charge in [-0.3, -0.25) is 4.79 Å². The summed E-state index contributed by atoms with van der Waals surface area (Å²) in [5.74, 6) is -0.152. The number of hydrogen-bond acceptors (Lipinski definition) is 8. The van der Waals surface area contributed by atoms with Crippen LogP contribution in [-0.2, 0) is 14.3 Å². The van der Waals surface area contributed by atoms with Gasteiger partial charge in [-0.25, -0.2) is 0 Å². The zero-order chi connectivity index (χ0) is 40.2. The molecule has 1 fully saturated rings. The standard InChI is InChI=1S/C46H89NO8/c1-3-5-7-9-11-13-15-17-19-20-21-22-23-25-27-29-31-33-35-40(49)39(38-54-46-45(53)44(52)43(51)41(37-48)55-46)47-42(50)36-34-32-30-28-26-24-18-16-14-12-10-8-6-4-2/h16,18,39-41,43-46,48-49,51-53H,3-15,17,19-38H2,1-2H3,(H,47,50)/b18-16-. The van der Waals surface area contributed by atoms with Gasteiger partial charge in [0.1, 0.15) is 24.4 Å². The Hall–Kier alpha value is -1.07. The quantitative estimate of drug-likeness (QED) is 0.0267. The molecule has 1 amide bonds. The first kappa shape index (κ1) is 51.9. The van der Waals surface area contributed by atoms with Gasteiger partial charge in [-0.15, -0.1) is 0 Å². The third-order valence-corrected chi connectivity index (χ3v) is 11.4. The van der Waals surface area contributed by atoms with Crippen LogP contribution in [0.2, 0.25) is 0 Å². The van der Waals surface area contributed by atoms with Crippen molar-refractivity contribution in [3.05, 3.63) is 12.2 Å². The van der Waals surface area contributed by atoms with Gasteiger partial charge in [0.25, 0.3) is 0 Å². The summed E-state index contributed by atoms with van der Waals surface area (Å²) in [5, 5.41) is 54.3. The highest BCUT2D eigenvalue weighted by Gasteiger charge is 2.44. The molecule has 55 heavy (non-hydrogen) atoms. The molecule has 0 bridgehead atoms. The van der Waals surface area contributed by atoms with Gasteiger partial charge in [0.05, 0.1) is 25.4 Å². The lowest BCUT2D eigenvalue weighted by molar-refractivity contribution is -0.302. The molecule has 1 saturated heterocycles. The Bertz CT molecular complexity index is 873. The van der Waals surface area contributed by atoms with E-state index in [0.29, 0.717) is 12.8 Å². The molecule has 0 aromatic heterocycles. The minimum Gasteiger partial charge on any atom is -0.394 e. The second-order valence-corrected chi connectivity index (χ2v) is 16.6. The molecule has 0 aromatic carbocycles. The first-order chi connectivity index (χ1) is 26.8. The van der Waals surface area contributed by atoms with E-state index in [1.807, 2.05) is 0 Å². The molecule has 7 atom stereocenters. The summed E-state index contributed by atoms with van der Waals surface area (Å²) in [4.78, 5) is 13.0. The number of aliphatic hydroxyl groups is 5. The summed E-state index contributed by atoms with van der Waals surface area (Å²) >= 11 is 0. The van der Waals surface area contributed by atoms with Crippen molar-refractivity contribution in [3.63, 3.8) is 0 Å².